The number of rotatable bonds is 2. The highest BCUT2D eigenvalue weighted by molar-refractivity contribution is 5.89. The molecule has 0 saturated heterocycles. The monoisotopic (exact) mass is 204 g/mol. The van der Waals surface area contributed by atoms with Crippen LogP contribution in [0.2, 0.25) is 0 Å². The van der Waals surface area contributed by atoms with E-state index >= 15 is 0 Å². The number of ether oxygens (including phenoxy) is 1. The van der Waals surface area contributed by atoms with Crippen molar-refractivity contribution in [3.05, 3.63) is 42.0 Å². The zero-order valence-electron chi connectivity index (χ0n) is 8.34. The molecule has 2 aromatic carbocycles. The summed E-state index contributed by atoms with van der Waals surface area (Å²) in [4.78, 5) is 0. The summed E-state index contributed by atoms with van der Waals surface area (Å²) in [5, 5.41) is 21.0. The number of methoxy groups -OCH3 is 1. The van der Waals surface area contributed by atoms with Crippen molar-refractivity contribution in [2.45, 2.75) is 6.29 Å². The first kappa shape index (κ1) is 9.96. The molecule has 0 bridgehead atoms. The second-order valence-corrected chi connectivity index (χ2v) is 3.31. The van der Waals surface area contributed by atoms with E-state index in [-0.39, 0.29) is 5.75 Å². The summed E-state index contributed by atoms with van der Waals surface area (Å²) in [6.07, 6.45) is -1.09. The number of fused-ring (bicyclic) bond motifs is 1. The highest BCUT2D eigenvalue weighted by atomic mass is 16.6. The SMILES string of the molecule is COC(O)c1ccc2ccccc2c1O. The van der Waals surface area contributed by atoms with Crippen molar-refractivity contribution in [3.63, 3.8) is 0 Å². The van der Waals surface area contributed by atoms with Crippen LogP contribution in [0.3, 0.4) is 0 Å². The minimum Gasteiger partial charge on any atom is -0.507 e. The van der Waals surface area contributed by atoms with Crippen LogP contribution in [0.4, 0.5) is 0 Å². The third-order valence-electron chi connectivity index (χ3n) is 2.42. The van der Waals surface area contributed by atoms with Crippen LogP contribution in [0.1, 0.15) is 11.9 Å². The normalized spacial score (nSPS) is 12.9. The van der Waals surface area contributed by atoms with E-state index in [9.17, 15) is 10.2 Å². The zero-order chi connectivity index (χ0) is 10.8. The van der Waals surface area contributed by atoms with Gasteiger partial charge in [-0.25, -0.2) is 0 Å². The Bertz CT molecular complexity index is 479. The van der Waals surface area contributed by atoms with Crippen LogP contribution in [-0.2, 0) is 4.74 Å². The molecular formula is C12H12O3. The molecule has 0 spiro atoms. The summed E-state index contributed by atoms with van der Waals surface area (Å²) >= 11 is 0. The van der Waals surface area contributed by atoms with Crippen LogP contribution in [0, 0.1) is 0 Å². The van der Waals surface area contributed by atoms with Crippen LogP contribution in [0.15, 0.2) is 36.4 Å². The lowest BCUT2D eigenvalue weighted by molar-refractivity contribution is -0.0779. The Morgan fingerprint density at radius 1 is 1.13 bits per heavy atom. The predicted octanol–water partition coefficient (Wildman–Crippen LogP) is 2.18. The molecule has 1 unspecified atom stereocenters. The Labute approximate surface area is 87.5 Å². The molecule has 0 aliphatic rings. The van der Waals surface area contributed by atoms with E-state index in [1.165, 1.54) is 7.11 Å². The Morgan fingerprint density at radius 2 is 1.87 bits per heavy atom. The van der Waals surface area contributed by atoms with E-state index in [1.807, 2.05) is 24.3 Å². The van der Waals surface area contributed by atoms with E-state index in [2.05, 4.69) is 0 Å². The number of hydrogen-bond donors (Lipinski definition) is 2. The van der Waals surface area contributed by atoms with Gasteiger partial charge in [0.1, 0.15) is 5.75 Å². The molecule has 3 nitrogen and oxygen atoms in total. The van der Waals surface area contributed by atoms with Crippen molar-refractivity contribution < 1.29 is 14.9 Å². The molecule has 15 heavy (non-hydrogen) atoms. The van der Waals surface area contributed by atoms with Crippen molar-refractivity contribution >= 4 is 10.8 Å². The number of phenols is 1. The van der Waals surface area contributed by atoms with E-state index in [0.717, 1.165) is 5.39 Å². The fourth-order valence-corrected chi connectivity index (χ4v) is 1.60. The quantitative estimate of drug-likeness (QED) is 0.737. The van der Waals surface area contributed by atoms with Crippen molar-refractivity contribution in [3.8, 4) is 5.75 Å². The molecule has 0 aromatic heterocycles. The summed E-state index contributed by atoms with van der Waals surface area (Å²) in [6.45, 7) is 0. The lowest BCUT2D eigenvalue weighted by atomic mass is 10.1. The average Bonchev–Trinajstić information content (AvgIpc) is 2.29. The number of aliphatic hydroxyl groups excluding tert-OH is 1. The van der Waals surface area contributed by atoms with Gasteiger partial charge in [0, 0.05) is 18.1 Å². The second kappa shape index (κ2) is 3.88. The van der Waals surface area contributed by atoms with Gasteiger partial charge >= 0.3 is 0 Å². The van der Waals surface area contributed by atoms with Crippen LogP contribution < -0.4 is 0 Å². The summed E-state index contributed by atoms with van der Waals surface area (Å²) in [5.41, 5.74) is 0.385. The van der Waals surface area contributed by atoms with Crippen LogP contribution >= 0.6 is 0 Å². The smallest absolute Gasteiger partial charge is 0.184 e. The molecule has 0 saturated carbocycles. The van der Waals surface area contributed by atoms with E-state index in [4.69, 9.17) is 4.74 Å². The summed E-state index contributed by atoms with van der Waals surface area (Å²) in [6, 6.07) is 10.9. The third kappa shape index (κ3) is 1.67. The van der Waals surface area contributed by atoms with Gasteiger partial charge in [0.2, 0.25) is 0 Å². The predicted molar refractivity (Wildman–Crippen MR) is 57.6 cm³/mol. The highest BCUT2D eigenvalue weighted by Gasteiger charge is 2.13. The molecule has 1 atom stereocenters. The molecule has 0 amide bonds. The lowest BCUT2D eigenvalue weighted by Gasteiger charge is -2.12. The number of benzene rings is 2. The zero-order valence-corrected chi connectivity index (χ0v) is 8.34. The van der Waals surface area contributed by atoms with Crippen molar-refractivity contribution in [2.75, 3.05) is 7.11 Å². The molecule has 3 heteroatoms. The first-order valence-corrected chi connectivity index (χ1v) is 4.65. The first-order valence-electron chi connectivity index (χ1n) is 4.65. The van der Waals surface area contributed by atoms with Crippen LogP contribution in [0.5, 0.6) is 5.75 Å². The minimum atomic E-state index is -1.09. The van der Waals surface area contributed by atoms with Gasteiger partial charge in [-0.2, -0.15) is 0 Å². The molecule has 0 fully saturated rings. The van der Waals surface area contributed by atoms with Gasteiger partial charge in [-0.3, -0.25) is 0 Å². The Morgan fingerprint density at radius 3 is 2.60 bits per heavy atom. The fourth-order valence-electron chi connectivity index (χ4n) is 1.60. The van der Waals surface area contributed by atoms with Crippen LogP contribution in [0.25, 0.3) is 10.8 Å². The molecule has 0 heterocycles. The standard InChI is InChI=1S/C12H12O3/c1-15-12(14)10-7-6-8-4-2-3-5-9(8)11(10)13/h2-7,12-14H,1H3. The summed E-state index contributed by atoms with van der Waals surface area (Å²) < 4.78 is 4.76. The molecule has 2 N–H and O–H groups in total. The number of hydrogen-bond acceptors (Lipinski definition) is 3. The van der Waals surface area contributed by atoms with Crippen molar-refractivity contribution in [2.24, 2.45) is 0 Å². The number of aliphatic hydroxyl groups is 1. The molecule has 2 rings (SSSR count). The third-order valence-corrected chi connectivity index (χ3v) is 2.42. The van der Waals surface area contributed by atoms with Gasteiger partial charge < -0.3 is 14.9 Å². The Hall–Kier alpha value is -1.58. The Kier molecular flexibility index (Phi) is 2.58. The van der Waals surface area contributed by atoms with E-state index < -0.39 is 6.29 Å². The number of aromatic hydroxyl groups is 1. The van der Waals surface area contributed by atoms with Crippen LogP contribution in [-0.4, -0.2) is 17.3 Å². The molecular weight excluding hydrogens is 192 g/mol. The van der Waals surface area contributed by atoms with E-state index in [0.29, 0.717) is 10.9 Å². The molecule has 2 aromatic rings. The average molecular weight is 204 g/mol. The lowest BCUT2D eigenvalue weighted by Crippen LogP contribution is -1.99. The molecule has 0 radical (unpaired) electrons. The topological polar surface area (TPSA) is 49.7 Å². The van der Waals surface area contributed by atoms with Gasteiger partial charge in [-0.05, 0) is 11.5 Å². The molecule has 78 valence electrons. The first-order chi connectivity index (χ1) is 7.24. The van der Waals surface area contributed by atoms with Gasteiger partial charge in [0.15, 0.2) is 6.29 Å². The Balaban J connectivity index is 2.65. The minimum absolute atomic E-state index is 0.0717. The summed E-state index contributed by atoms with van der Waals surface area (Å²) in [7, 11) is 1.39. The highest BCUT2D eigenvalue weighted by Crippen LogP contribution is 2.32. The second-order valence-electron chi connectivity index (χ2n) is 3.31. The maximum absolute atomic E-state index is 9.91. The van der Waals surface area contributed by atoms with Gasteiger partial charge in [-0.15, -0.1) is 0 Å². The summed E-state index contributed by atoms with van der Waals surface area (Å²) in [5.74, 6) is 0.0717. The maximum Gasteiger partial charge on any atom is 0.184 e. The largest absolute Gasteiger partial charge is 0.507 e. The fraction of sp³-hybridized carbons (Fsp3) is 0.167. The van der Waals surface area contributed by atoms with Gasteiger partial charge in [0.25, 0.3) is 0 Å². The van der Waals surface area contributed by atoms with E-state index in [1.54, 1.807) is 12.1 Å². The number of phenolic OH excluding ortho intramolecular Hbond substituents is 1. The van der Waals surface area contributed by atoms with Gasteiger partial charge in [0.05, 0.1) is 0 Å². The van der Waals surface area contributed by atoms with Crippen molar-refractivity contribution in [1.82, 2.24) is 0 Å². The molecule has 0 aliphatic heterocycles. The van der Waals surface area contributed by atoms with Crippen molar-refractivity contribution in [1.29, 1.82) is 0 Å². The van der Waals surface area contributed by atoms with Gasteiger partial charge in [-0.1, -0.05) is 30.3 Å². The molecule has 0 aliphatic carbocycles. The maximum atomic E-state index is 9.91.